The van der Waals surface area contributed by atoms with Gasteiger partial charge in [0.05, 0.1) is 18.7 Å². The van der Waals surface area contributed by atoms with Gasteiger partial charge in [-0.3, -0.25) is 15.6 Å². The molecule has 1 aromatic heterocycles. The third kappa shape index (κ3) is 5.49. The molecule has 40 heavy (non-hydrogen) atoms. The summed E-state index contributed by atoms with van der Waals surface area (Å²) in [6, 6.07) is 19.0. The molecule has 2 heterocycles. The molecule has 1 aliphatic heterocycles. The summed E-state index contributed by atoms with van der Waals surface area (Å²) in [5.41, 5.74) is 15.0. The Kier molecular flexibility index (Phi) is 8.50. The number of carbonyl (C=O) groups excluding carboxylic acids is 1. The second kappa shape index (κ2) is 12.0. The van der Waals surface area contributed by atoms with Crippen molar-refractivity contribution in [2.75, 3.05) is 6.61 Å². The maximum absolute atomic E-state index is 11.2. The van der Waals surface area contributed by atoms with Gasteiger partial charge in [-0.25, -0.2) is 0 Å². The fourth-order valence-corrected chi connectivity index (χ4v) is 6.34. The van der Waals surface area contributed by atoms with Crippen LogP contribution in [0.3, 0.4) is 0 Å². The number of aromatic nitrogens is 1. The Balaban J connectivity index is 1.50. The van der Waals surface area contributed by atoms with E-state index >= 15 is 0 Å². The van der Waals surface area contributed by atoms with E-state index in [2.05, 4.69) is 54.4 Å². The number of hydrazine groups is 1. The molecule has 7 heteroatoms. The first-order valence-electron chi connectivity index (χ1n) is 14.0. The van der Waals surface area contributed by atoms with Gasteiger partial charge in [0, 0.05) is 39.7 Å². The van der Waals surface area contributed by atoms with Gasteiger partial charge in [0.1, 0.15) is 11.5 Å². The molecule has 0 bridgehead atoms. The van der Waals surface area contributed by atoms with Crippen LogP contribution in [0.4, 0.5) is 0 Å². The van der Waals surface area contributed by atoms with E-state index in [0.717, 1.165) is 40.3 Å². The summed E-state index contributed by atoms with van der Waals surface area (Å²) in [6.45, 7) is 12.4. The summed E-state index contributed by atoms with van der Waals surface area (Å²) in [4.78, 5) is 11.2. The molecule has 3 aromatic carbocycles. The van der Waals surface area contributed by atoms with Gasteiger partial charge < -0.3 is 14.0 Å². The van der Waals surface area contributed by atoms with Gasteiger partial charge in [-0.1, -0.05) is 48.0 Å². The van der Waals surface area contributed by atoms with Gasteiger partial charge in [0.2, 0.25) is 0 Å². The Hall–Kier alpha value is -3.32. The number of hydrogen-bond acceptors (Lipinski definition) is 5. The van der Waals surface area contributed by atoms with Crippen molar-refractivity contribution in [2.24, 2.45) is 0 Å². The first-order chi connectivity index (χ1) is 19.3. The van der Waals surface area contributed by atoms with Crippen molar-refractivity contribution in [3.8, 4) is 11.5 Å². The summed E-state index contributed by atoms with van der Waals surface area (Å²) in [6.07, 6.45) is 1.78. The van der Waals surface area contributed by atoms with Crippen molar-refractivity contribution < 1.29 is 14.3 Å². The second-order valence-corrected chi connectivity index (χ2v) is 11.3. The van der Waals surface area contributed by atoms with E-state index in [1.54, 1.807) is 0 Å². The third-order valence-corrected chi connectivity index (χ3v) is 8.80. The highest BCUT2D eigenvalue weighted by Crippen LogP contribution is 2.38. The average molecular weight is 560 g/mol. The van der Waals surface area contributed by atoms with Crippen LogP contribution in [0.5, 0.6) is 11.5 Å². The number of halogens is 1. The van der Waals surface area contributed by atoms with Crippen LogP contribution < -0.4 is 20.3 Å². The molecule has 0 spiro atoms. The molecule has 210 valence electrons. The van der Waals surface area contributed by atoms with Crippen LogP contribution in [-0.4, -0.2) is 29.7 Å². The number of para-hydroxylation sites is 2. The minimum Gasteiger partial charge on any atom is -0.494 e. The molecule has 2 atom stereocenters. The predicted octanol–water partition coefficient (Wildman–Crippen LogP) is 6.78. The Morgan fingerprint density at radius 1 is 0.975 bits per heavy atom. The highest BCUT2D eigenvalue weighted by molar-refractivity contribution is 6.32. The quantitative estimate of drug-likeness (QED) is 0.165. The summed E-state index contributed by atoms with van der Waals surface area (Å²) in [5.74, 6) is 1.76. The van der Waals surface area contributed by atoms with Gasteiger partial charge in [0.15, 0.2) is 0 Å². The zero-order chi connectivity index (χ0) is 28.4. The van der Waals surface area contributed by atoms with Gasteiger partial charge in [-0.2, -0.15) is 0 Å². The first kappa shape index (κ1) is 28.2. The summed E-state index contributed by atoms with van der Waals surface area (Å²) >= 11 is 6.34. The van der Waals surface area contributed by atoms with E-state index in [4.69, 9.17) is 21.1 Å². The number of carbonyl (C=O) groups is 1. The topological polar surface area (TPSA) is 64.5 Å². The number of benzene rings is 3. The number of nitrogens with zero attached hydrogens (tertiary/aromatic N) is 1. The number of fused-ring (bicyclic) bond motifs is 1. The van der Waals surface area contributed by atoms with Crippen molar-refractivity contribution in [1.82, 2.24) is 15.4 Å². The summed E-state index contributed by atoms with van der Waals surface area (Å²) in [5, 5.41) is 2.07. The lowest BCUT2D eigenvalue weighted by molar-refractivity contribution is -0.120. The molecule has 2 N–H and O–H groups in total. The Bertz CT molecular complexity index is 1500. The highest BCUT2D eigenvalue weighted by Gasteiger charge is 2.33. The van der Waals surface area contributed by atoms with E-state index < -0.39 is 0 Å². The second-order valence-electron chi connectivity index (χ2n) is 10.9. The Morgan fingerprint density at radius 3 is 2.38 bits per heavy atom. The van der Waals surface area contributed by atoms with Crippen molar-refractivity contribution in [2.45, 2.75) is 72.0 Å². The molecule has 0 radical (unpaired) electrons. The lowest BCUT2D eigenvalue weighted by atomic mass is 9.87. The van der Waals surface area contributed by atoms with Crippen LogP contribution in [0.25, 0.3) is 10.9 Å². The number of nitrogens with one attached hydrogen (secondary N) is 2. The molecule has 4 aromatic rings. The molecule has 5 rings (SSSR count). The zero-order valence-electron chi connectivity index (χ0n) is 23.9. The molecule has 6 nitrogen and oxygen atoms in total. The maximum atomic E-state index is 11.2. The monoisotopic (exact) mass is 559 g/mol. The van der Waals surface area contributed by atoms with Crippen LogP contribution in [0, 0.1) is 20.8 Å². The van der Waals surface area contributed by atoms with Crippen LogP contribution in [0.2, 0.25) is 5.02 Å². The van der Waals surface area contributed by atoms with E-state index in [9.17, 15) is 4.79 Å². The molecule has 1 saturated heterocycles. The predicted molar refractivity (Wildman–Crippen MR) is 162 cm³/mol. The van der Waals surface area contributed by atoms with Crippen molar-refractivity contribution in [3.05, 3.63) is 93.1 Å². The van der Waals surface area contributed by atoms with Gasteiger partial charge >= 0.3 is 0 Å². The lowest BCUT2D eigenvalue weighted by Crippen LogP contribution is -2.30. The SMILES string of the molecule is Cc1cc(OCCCc2c(C)n(Cc3ccccc3OC=O)c3c(C4C(C)NNC4C)cccc23)cc(C)c1Cl. The molecule has 0 saturated carbocycles. The molecular weight excluding hydrogens is 522 g/mol. The number of rotatable bonds is 10. The van der Waals surface area contributed by atoms with Crippen molar-refractivity contribution >= 4 is 29.0 Å². The van der Waals surface area contributed by atoms with Gasteiger partial charge in [-0.05, 0) is 87.9 Å². The summed E-state index contributed by atoms with van der Waals surface area (Å²) in [7, 11) is 0. The highest BCUT2D eigenvalue weighted by atomic mass is 35.5. The number of aryl methyl sites for hydroxylation is 3. The van der Waals surface area contributed by atoms with E-state index in [-0.39, 0.29) is 12.1 Å². The smallest absolute Gasteiger partial charge is 0.298 e. The van der Waals surface area contributed by atoms with Crippen LogP contribution in [0.1, 0.15) is 59.7 Å². The fourth-order valence-electron chi connectivity index (χ4n) is 6.23. The molecule has 0 amide bonds. The molecular formula is C33H38ClN3O3. The van der Waals surface area contributed by atoms with E-state index in [1.165, 1.54) is 27.7 Å². The van der Waals surface area contributed by atoms with Crippen LogP contribution >= 0.6 is 11.6 Å². The fraction of sp³-hybridized carbons (Fsp3) is 0.364. The largest absolute Gasteiger partial charge is 0.494 e. The standard InChI is InChI=1S/C33H38ClN3O3/c1-20-16-26(17-21(2)32(20)34)39-15-9-13-27-24(5)37(18-25-10-6-7-14-30(25)40-19-38)33-28(27)11-8-12-29(33)31-22(3)35-36-23(31)4/h6-8,10-12,14,16-17,19,22-23,31,35-36H,9,13,15,18H2,1-5H3. The minimum atomic E-state index is 0.290. The van der Waals surface area contributed by atoms with Crippen molar-refractivity contribution in [1.29, 1.82) is 0 Å². The Labute approximate surface area is 241 Å². The first-order valence-corrected chi connectivity index (χ1v) is 14.4. The normalized spacial score (nSPS) is 18.8. The van der Waals surface area contributed by atoms with Gasteiger partial charge in [-0.15, -0.1) is 0 Å². The molecule has 1 fully saturated rings. The lowest BCUT2D eigenvalue weighted by Gasteiger charge is -2.21. The molecule has 2 unspecified atom stereocenters. The van der Waals surface area contributed by atoms with E-state index in [1.807, 2.05) is 50.2 Å². The molecule has 0 aliphatic carbocycles. The number of hydrogen-bond donors (Lipinski definition) is 2. The minimum absolute atomic E-state index is 0.290. The van der Waals surface area contributed by atoms with Gasteiger partial charge in [0.25, 0.3) is 6.47 Å². The Morgan fingerprint density at radius 2 is 1.68 bits per heavy atom. The van der Waals surface area contributed by atoms with Crippen LogP contribution in [0.15, 0.2) is 54.6 Å². The van der Waals surface area contributed by atoms with Crippen molar-refractivity contribution in [3.63, 3.8) is 0 Å². The van der Waals surface area contributed by atoms with E-state index in [0.29, 0.717) is 31.3 Å². The molecule has 1 aliphatic rings. The number of ether oxygens (including phenoxy) is 2. The summed E-state index contributed by atoms with van der Waals surface area (Å²) < 4.78 is 13.9. The van der Waals surface area contributed by atoms with Crippen LogP contribution in [-0.2, 0) is 17.8 Å². The zero-order valence-corrected chi connectivity index (χ0v) is 24.6. The third-order valence-electron chi connectivity index (χ3n) is 8.20. The average Bonchev–Trinajstić information content (AvgIpc) is 3.41. The maximum Gasteiger partial charge on any atom is 0.298 e.